The summed E-state index contributed by atoms with van der Waals surface area (Å²) < 4.78 is 0. The molecule has 6 heteroatoms. The second-order valence-electron chi connectivity index (χ2n) is 5.02. The summed E-state index contributed by atoms with van der Waals surface area (Å²) in [6.07, 6.45) is 2.39. The quantitative estimate of drug-likeness (QED) is 0.731. The zero-order valence-corrected chi connectivity index (χ0v) is 11.6. The number of carbonyl (C=O) groups is 1. The second kappa shape index (κ2) is 5.77. The van der Waals surface area contributed by atoms with Crippen molar-refractivity contribution in [2.45, 2.75) is 25.4 Å². The van der Waals surface area contributed by atoms with Gasteiger partial charge in [0.1, 0.15) is 5.01 Å². The number of hydrogen-bond acceptors (Lipinski definition) is 5. The number of carboxylic acid groups (broad SMARTS) is 1. The number of likely N-dealkylation sites (tertiary alicyclic amines) is 1. The van der Waals surface area contributed by atoms with E-state index in [0.29, 0.717) is 6.04 Å². The van der Waals surface area contributed by atoms with E-state index < -0.39 is 5.97 Å². The molecule has 0 spiro atoms. The number of aromatic nitrogens is 1. The molecule has 2 heterocycles. The SMILES string of the molecule is CN(Cc1nc(C(=O)[O-])cs1)C1CC[NH+](C)CC1. The van der Waals surface area contributed by atoms with Gasteiger partial charge in [-0.05, 0) is 7.05 Å². The lowest BCUT2D eigenvalue weighted by Gasteiger charge is -2.32. The minimum Gasteiger partial charge on any atom is -0.543 e. The Morgan fingerprint density at radius 1 is 1.61 bits per heavy atom. The summed E-state index contributed by atoms with van der Waals surface area (Å²) in [6.45, 7) is 3.13. The van der Waals surface area contributed by atoms with Crippen LogP contribution in [0, 0.1) is 0 Å². The van der Waals surface area contributed by atoms with Crippen LogP contribution in [0.15, 0.2) is 5.38 Å². The van der Waals surface area contributed by atoms with Crippen LogP contribution in [0.25, 0.3) is 0 Å². The fourth-order valence-corrected chi connectivity index (χ4v) is 3.18. The van der Waals surface area contributed by atoms with Gasteiger partial charge in [-0.2, -0.15) is 0 Å². The van der Waals surface area contributed by atoms with Gasteiger partial charge in [0.05, 0.1) is 38.3 Å². The Morgan fingerprint density at radius 2 is 2.28 bits per heavy atom. The van der Waals surface area contributed by atoms with E-state index in [0.717, 1.165) is 11.6 Å². The first-order chi connectivity index (χ1) is 8.56. The van der Waals surface area contributed by atoms with Crippen LogP contribution in [0.2, 0.25) is 0 Å². The van der Waals surface area contributed by atoms with Crippen LogP contribution in [0.3, 0.4) is 0 Å². The number of carbonyl (C=O) groups excluding carboxylic acids is 1. The van der Waals surface area contributed by atoms with E-state index in [1.807, 2.05) is 0 Å². The molecule has 0 aliphatic carbocycles. The molecule has 0 aromatic carbocycles. The smallest absolute Gasteiger partial charge is 0.107 e. The Balaban J connectivity index is 1.90. The zero-order chi connectivity index (χ0) is 13.1. The molecule has 1 aliphatic heterocycles. The molecule has 0 atom stereocenters. The van der Waals surface area contributed by atoms with Gasteiger partial charge in [0, 0.05) is 24.3 Å². The summed E-state index contributed by atoms with van der Waals surface area (Å²) >= 11 is 1.39. The average molecular weight is 269 g/mol. The van der Waals surface area contributed by atoms with Gasteiger partial charge in [-0.3, -0.25) is 4.90 Å². The lowest BCUT2D eigenvalue weighted by Crippen LogP contribution is -3.10. The molecule has 100 valence electrons. The van der Waals surface area contributed by atoms with Gasteiger partial charge >= 0.3 is 0 Å². The first-order valence-electron chi connectivity index (χ1n) is 6.23. The molecule has 0 radical (unpaired) electrons. The molecular formula is C12H19N3O2S. The standard InChI is InChI=1S/C12H19N3O2S/c1-14-5-3-9(4-6-14)15(2)7-11-13-10(8-18-11)12(16)17/h8-9H,3-7H2,1-2H3,(H,16,17). The molecule has 18 heavy (non-hydrogen) atoms. The maximum Gasteiger partial charge on any atom is 0.107 e. The number of nitrogens with one attached hydrogen (secondary N) is 1. The van der Waals surface area contributed by atoms with Gasteiger partial charge < -0.3 is 14.8 Å². The molecule has 0 saturated carbocycles. The number of carboxylic acids is 1. The maximum atomic E-state index is 10.7. The Kier molecular flexibility index (Phi) is 4.31. The van der Waals surface area contributed by atoms with Crippen LogP contribution >= 0.6 is 11.3 Å². The molecular weight excluding hydrogens is 250 g/mol. The highest BCUT2D eigenvalue weighted by atomic mass is 32.1. The Hall–Kier alpha value is -0.980. The monoisotopic (exact) mass is 269 g/mol. The van der Waals surface area contributed by atoms with E-state index in [9.17, 15) is 9.90 Å². The predicted molar refractivity (Wildman–Crippen MR) is 67.6 cm³/mol. The van der Waals surface area contributed by atoms with E-state index in [-0.39, 0.29) is 5.69 Å². The summed E-state index contributed by atoms with van der Waals surface area (Å²) in [6, 6.07) is 0.587. The number of rotatable bonds is 4. The third-order valence-electron chi connectivity index (χ3n) is 3.58. The van der Waals surface area contributed by atoms with E-state index in [4.69, 9.17) is 0 Å². The van der Waals surface area contributed by atoms with E-state index >= 15 is 0 Å². The summed E-state index contributed by atoms with van der Waals surface area (Å²) in [5.74, 6) is -1.19. The van der Waals surface area contributed by atoms with Gasteiger partial charge in [0.25, 0.3) is 0 Å². The first-order valence-corrected chi connectivity index (χ1v) is 7.11. The Morgan fingerprint density at radius 3 is 2.83 bits per heavy atom. The van der Waals surface area contributed by atoms with Crippen molar-refractivity contribution in [3.8, 4) is 0 Å². The predicted octanol–water partition coefficient (Wildman–Crippen LogP) is -1.38. The number of hydrogen-bond donors (Lipinski definition) is 1. The van der Waals surface area contributed by atoms with Crippen molar-refractivity contribution in [1.29, 1.82) is 0 Å². The van der Waals surface area contributed by atoms with Gasteiger partial charge in [-0.15, -0.1) is 11.3 Å². The lowest BCUT2D eigenvalue weighted by molar-refractivity contribution is -0.885. The number of piperidine rings is 1. The van der Waals surface area contributed by atoms with E-state index in [2.05, 4.69) is 24.0 Å². The fraction of sp³-hybridized carbons (Fsp3) is 0.667. The van der Waals surface area contributed by atoms with Gasteiger partial charge in [0.15, 0.2) is 0 Å². The topological polar surface area (TPSA) is 60.7 Å². The van der Waals surface area contributed by atoms with Crippen molar-refractivity contribution >= 4 is 17.3 Å². The summed E-state index contributed by atoms with van der Waals surface area (Å²) in [4.78, 5) is 18.6. The minimum atomic E-state index is -1.19. The van der Waals surface area contributed by atoms with Crippen molar-refractivity contribution in [2.75, 3.05) is 27.2 Å². The van der Waals surface area contributed by atoms with Gasteiger partial charge in [-0.25, -0.2) is 4.98 Å². The molecule has 2 rings (SSSR count). The molecule has 1 aromatic rings. The average Bonchev–Trinajstić information content (AvgIpc) is 2.78. The van der Waals surface area contributed by atoms with Crippen LogP contribution in [-0.2, 0) is 6.54 Å². The highest BCUT2D eigenvalue weighted by Crippen LogP contribution is 2.15. The third-order valence-corrected chi connectivity index (χ3v) is 4.41. The highest BCUT2D eigenvalue weighted by molar-refractivity contribution is 7.09. The normalized spacial score (nSPS) is 24.4. The highest BCUT2D eigenvalue weighted by Gasteiger charge is 2.23. The molecule has 0 unspecified atom stereocenters. The zero-order valence-electron chi connectivity index (χ0n) is 10.8. The van der Waals surface area contributed by atoms with Crippen molar-refractivity contribution in [3.63, 3.8) is 0 Å². The molecule has 1 aromatic heterocycles. The Labute approximate surface area is 111 Å². The van der Waals surface area contributed by atoms with Crippen molar-refractivity contribution in [1.82, 2.24) is 9.88 Å². The van der Waals surface area contributed by atoms with Crippen LogP contribution in [0.1, 0.15) is 28.3 Å². The molecule has 1 fully saturated rings. The number of aromatic carboxylic acids is 1. The largest absolute Gasteiger partial charge is 0.543 e. The maximum absolute atomic E-state index is 10.7. The molecule has 1 aliphatic rings. The van der Waals surface area contributed by atoms with Crippen LogP contribution in [0.4, 0.5) is 0 Å². The van der Waals surface area contributed by atoms with Crippen LogP contribution in [-0.4, -0.2) is 49.1 Å². The number of quaternary nitrogens is 1. The first kappa shape index (κ1) is 13.5. The number of thiazole rings is 1. The van der Waals surface area contributed by atoms with E-state index in [1.54, 1.807) is 10.3 Å². The summed E-state index contributed by atoms with van der Waals surface area (Å²) in [7, 11) is 4.31. The third kappa shape index (κ3) is 3.28. The van der Waals surface area contributed by atoms with E-state index in [1.165, 1.54) is 37.3 Å². The summed E-state index contributed by atoms with van der Waals surface area (Å²) in [5, 5.41) is 13.1. The lowest BCUT2D eigenvalue weighted by atomic mass is 10.0. The van der Waals surface area contributed by atoms with Crippen LogP contribution < -0.4 is 10.0 Å². The van der Waals surface area contributed by atoms with Crippen molar-refractivity contribution in [3.05, 3.63) is 16.1 Å². The van der Waals surface area contributed by atoms with Crippen LogP contribution in [0.5, 0.6) is 0 Å². The molecule has 5 nitrogen and oxygen atoms in total. The van der Waals surface area contributed by atoms with Crippen molar-refractivity contribution < 1.29 is 14.8 Å². The summed E-state index contributed by atoms with van der Waals surface area (Å²) in [5.41, 5.74) is 0.0521. The molecule has 0 amide bonds. The second-order valence-corrected chi connectivity index (χ2v) is 5.96. The fourth-order valence-electron chi connectivity index (χ4n) is 2.36. The Bertz CT molecular complexity index is 413. The van der Waals surface area contributed by atoms with Crippen molar-refractivity contribution in [2.24, 2.45) is 0 Å². The minimum absolute atomic E-state index is 0.0521. The van der Waals surface area contributed by atoms with Gasteiger partial charge in [0.2, 0.25) is 0 Å². The van der Waals surface area contributed by atoms with Gasteiger partial charge in [-0.1, -0.05) is 0 Å². The molecule has 0 bridgehead atoms. The molecule has 1 N–H and O–H groups in total. The molecule has 1 saturated heterocycles. The number of nitrogens with zero attached hydrogens (tertiary/aromatic N) is 2.